The SMILES string of the molecule is C[C@H]1CN(c2ccc(Nc3ncc4ccn(-c5ccc(S(N)=O)cc5)c4n3)cn2)CCN1. The van der Waals surface area contributed by atoms with Crippen LogP contribution in [0.25, 0.3) is 16.7 Å². The Kier molecular flexibility index (Phi) is 5.56. The number of hydrogen-bond donors (Lipinski definition) is 3. The minimum atomic E-state index is -1.50. The fourth-order valence-corrected chi connectivity index (χ4v) is 4.25. The van der Waals surface area contributed by atoms with Crippen LogP contribution in [0.3, 0.4) is 0 Å². The van der Waals surface area contributed by atoms with Crippen molar-refractivity contribution in [2.24, 2.45) is 5.14 Å². The first-order valence-corrected chi connectivity index (χ1v) is 11.6. The molecule has 10 heteroatoms. The summed E-state index contributed by atoms with van der Waals surface area (Å²) >= 11 is 0. The second-order valence-electron chi connectivity index (χ2n) is 7.78. The number of benzene rings is 1. The fraction of sp³-hybridized carbons (Fsp3) is 0.227. The standard InChI is InChI=1S/C22H24N8OS/c1-15-14-29(11-9-24-15)20-7-2-17(13-25-20)27-22-26-12-16-8-10-30(21(16)28-22)18-3-5-19(6-4-18)32(23)31/h2-8,10,12-13,15,24H,9,11,14,23H2,1H3,(H,26,27,28)/t15-,32?/m0/s1. The zero-order chi connectivity index (χ0) is 22.1. The zero-order valence-electron chi connectivity index (χ0n) is 17.6. The highest BCUT2D eigenvalue weighted by molar-refractivity contribution is 7.82. The van der Waals surface area contributed by atoms with Crippen LogP contribution in [0.4, 0.5) is 17.5 Å². The number of nitrogens with zero attached hydrogens (tertiary/aromatic N) is 5. The number of rotatable bonds is 5. The highest BCUT2D eigenvalue weighted by Crippen LogP contribution is 2.22. The largest absolute Gasteiger partial charge is 0.354 e. The normalized spacial score (nSPS) is 17.4. The van der Waals surface area contributed by atoms with Crippen LogP contribution in [-0.2, 0) is 11.0 Å². The highest BCUT2D eigenvalue weighted by Gasteiger charge is 2.16. The number of nitrogens with one attached hydrogen (secondary N) is 2. The number of nitrogens with two attached hydrogens (primary N) is 1. The summed E-state index contributed by atoms with van der Waals surface area (Å²) in [5, 5.41) is 13.1. The molecule has 4 aromatic rings. The van der Waals surface area contributed by atoms with Crippen molar-refractivity contribution in [3.8, 4) is 5.69 Å². The van der Waals surface area contributed by atoms with E-state index in [1.54, 1.807) is 24.5 Å². The molecular weight excluding hydrogens is 424 g/mol. The van der Waals surface area contributed by atoms with E-state index in [2.05, 4.69) is 32.4 Å². The van der Waals surface area contributed by atoms with Crippen molar-refractivity contribution in [2.75, 3.05) is 29.9 Å². The van der Waals surface area contributed by atoms with E-state index >= 15 is 0 Å². The Balaban J connectivity index is 1.37. The van der Waals surface area contributed by atoms with Gasteiger partial charge in [-0.2, -0.15) is 4.98 Å². The Morgan fingerprint density at radius 2 is 1.97 bits per heavy atom. The lowest BCUT2D eigenvalue weighted by atomic mass is 10.2. The molecule has 4 heterocycles. The number of piperazine rings is 1. The number of aromatic nitrogens is 4. The summed E-state index contributed by atoms with van der Waals surface area (Å²) in [6.07, 6.45) is 5.52. The summed E-state index contributed by atoms with van der Waals surface area (Å²) in [5.74, 6) is 1.46. The Hall–Kier alpha value is -3.34. The van der Waals surface area contributed by atoms with Gasteiger partial charge in [0.15, 0.2) is 0 Å². The molecule has 4 N–H and O–H groups in total. The van der Waals surface area contributed by atoms with E-state index in [-0.39, 0.29) is 0 Å². The molecule has 3 aromatic heterocycles. The maximum absolute atomic E-state index is 11.4. The molecule has 2 atom stereocenters. The first-order valence-electron chi connectivity index (χ1n) is 10.4. The molecule has 1 fully saturated rings. The van der Waals surface area contributed by atoms with E-state index in [1.807, 2.05) is 41.1 Å². The van der Waals surface area contributed by atoms with E-state index < -0.39 is 11.0 Å². The molecule has 1 saturated heterocycles. The predicted molar refractivity (Wildman–Crippen MR) is 127 cm³/mol. The molecule has 0 bridgehead atoms. The van der Waals surface area contributed by atoms with Gasteiger partial charge in [-0.15, -0.1) is 0 Å². The Morgan fingerprint density at radius 3 is 2.69 bits per heavy atom. The van der Waals surface area contributed by atoms with E-state index in [4.69, 9.17) is 10.1 Å². The lowest BCUT2D eigenvalue weighted by molar-refractivity contribution is 0.482. The van der Waals surface area contributed by atoms with Crippen molar-refractivity contribution in [2.45, 2.75) is 17.9 Å². The van der Waals surface area contributed by atoms with Crippen LogP contribution in [0.1, 0.15) is 6.92 Å². The Morgan fingerprint density at radius 1 is 1.12 bits per heavy atom. The summed E-state index contributed by atoms with van der Waals surface area (Å²) in [6, 6.07) is 13.7. The van der Waals surface area contributed by atoms with Crippen molar-refractivity contribution >= 4 is 39.5 Å². The molecule has 0 aliphatic carbocycles. The van der Waals surface area contributed by atoms with Gasteiger partial charge in [0.25, 0.3) is 0 Å². The molecule has 0 radical (unpaired) electrons. The molecule has 32 heavy (non-hydrogen) atoms. The van der Waals surface area contributed by atoms with Crippen molar-refractivity contribution in [1.82, 2.24) is 24.8 Å². The summed E-state index contributed by atoms with van der Waals surface area (Å²) in [5.41, 5.74) is 2.49. The molecular formula is C22H24N8OS. The van der Waals surface area contributed by atoms with Crippen LogP contribution in [0, 0.1) is 0 Å². The quantitative estimate of drug-likeness (QED) is 0.429. The lowest BCUT2D eigenvalue weighted by Gasteiger charge is -2.32. The molecule has 9 nitrogen and oxygen atoms in total. The van der Waals surface area contributed by atoms with Gasteiger partial charge in [0, 0.05) is 49.1 Å². The van der Waals surface area contributed by atoms with Gasteiger partial charge >= 0.3 is 0 Å². The van der Waals surface area contributed by atoms with Gasteiger partial charge in [-0.05, 0) is 49.4 Å². The first-order chi connectivity index (χ1) is 15.6. The predicted octanol–water partition coefficient (Wildman–Crippen LogP) is 2.34. The van der Waals surface area contributed by atoms with Gasteiger partial charge in [-0.1, -0.05) is 0 Å². The average molecular weight is 449 g/mol. The van der Waals surface area contributed by atoms with Crippen molar-refractivity contribution in [1.29, 1.82) is 0 Å². The maximum Gasteiger partial charge on any atom is 0.229 e. The van der Waals surface area contributed by atoms with Crippen LogP contribution in [0.2, 0.25) is 0 Å². The molecule has 1 aliphatic rings. The third-order valence-corrected chi connectivity index (χ3v) is 6.21. The van der Waals surface area contributed by atoms with Gasteiger partial charge in [-0.3, -0.25) is 0 Å². The summed E-state index contributed by atoms with van der Waals surface area (Å²) in [4.78, 5) is 16.6. The third kappa shape index (κ3) is 4.20. The number of fused-ring (bicyclic) bond motifs is 1. The molecule has 164 valence electrons. The Labute approximate surface area is 188 Å². The number of anilines is 3. The first kappa shape index (κ1) is 20.6. The highest BCUT2D eigenvalue weighted by atomic mass is 32.2. The molecule has 5 rings (SSSR count). The Bertz CT molecular complexity index is 1260. The summed E-state index contributed by atoms with van der Waals surface area (Å²) < 4.78 is 13.4. The average Bonchev–Trinajstić information content (AvgIpc) is 3.23. The third-order valence-electron chi connectivity index (χ3n) is 5.47. The summed E-state index contributed by atoms with van der Waals surface area (Å²) in [6.45, 7) is 5.03. The van der Waals surface area contributed by atoms with E-state index in [0.29, 0.717) is 16.9 Å². The number of pyridine rings is 1. The maximum atomic E-state index is 11.4. The molecule has 0 saturated carbocycles. The van der Waals surface area contributed by atoms with Gasteiger partial charge in [-0.25, -0.2) is 19.3 Å². The minimum Gasteiger partial charge on any atom is -0.354 e. The van der Waals surface area contributed by atoms with Crippen LogP contribution in [0.5, 0.6) is 0 Å². The van der Waals surface area contributed by atoms with Crippen molar-refractivity contribution in [3.05, 3.63) is 61.1 Å². The van der Waals surface area contributed by atoms with E-state index in [0.717, 1.165) is 47.9 Å². The van der Waals surface area contributed by atoms with Gasteiger partial charge in [0.2, 0.25) is 5.95 Å². The smallest absolute Gasteiger partial charge is 0.229 e. The van der Waals surface area contributed by atoms with Crippen molar-refractivity contribution in [3.63, 3.8) is 0 Å². The van der Waals surface area contributed by atoms with E-state index in [1.165, 1.54) is 0 Å². The molecule has 1 aromatic carbocycles. The van der Waals surface area contributed by atoms with Crippen LogP contribution >= 0.6 is 0 Å². The molecule has 1 unspecified atom stereocenters. The molecule has 0 amide bonds. The van der Waals surface area contributed by atoms with Gasteiger partial charge < -0.3 is 20.1 Å². The van der Waals surface area contributed by atoms with Crippen LogP contribution in [0.15, 0.2) is 66.0 Å². The fourth-order valence-electron chi connectivity index (χ4n) is 3.84. The lowest BCUT2D eigenvalue weighted by Crippen LogP contribution is -2.49. The van der Waals surface area contributed by atoms with Gasteiger partial charge in [0.05, 0.1) is 16.8 Å². The second-order valence-corrected chi connectivity index (χ2v) is 8.85. The van der Waals surface area contributed by atoms with Crippen molar-refractivity contribution < 1.29 is 4.21 Å². The topological polar surface area (TPSA) is 114 Å². The molecule has 0 spiro atoms. The monoisotopic (exact) mass is 448 g/mol. The molecule has 1 aliphatic heterocycles. The van der Waals surface area contributed by atoms with Gasteiger partial charge in [0.1, 0.15) is 22.5 Å². The van der Waals surface area contributed by atoms with E-state index in [9.17, 15) is 4.21 Å². The summed E-state index contributed by atoms with van der Waals surface area (Å²) in [7, 11) is -1.50. The van der Waals surface area contributed by atoms with Crippen LogP contribution < -0.4 is 20.7 Å². The second kappa shape index (κ2) is 8.65. The zero-order valence-corrected chi connectivity index (χ0v) is 18.4. The van der Waals surface area contributed by atoms with Crippen LogP contribution in [-0.4, -0.2) is 49.4 Å². The number of hydrogen-bond acceptors (Lipinski definition) is 7. The minimum absolute atomic E-state index is 0.452.